The van der Waals surface area contributed by atoms with Crippen molar-refractivity contribution < 1.29 is 18.7 Å². The molecule has 0 spiro atoms. The van der Waals surface area contributed by atoms with Gasteiger partial charge in [-0.3, -0.25) is 4.79 Å². The predicted octanol–water partition coefficient (Wildman–Crippen LogP) is 3.12. The first kappa shape index (κ1) is 19.2. The molecule has 152 valence electrons. The van der Waals surface area contributed by atoms with E-state index in [-0.39, 0.29) is 12.3 Å². The Morgan fingerprint density at radius 1 is 1.10 bits per heavy atom. The van der Waals surface area contributed by atoms with Crippen LogP contribution in [0.3, 0.4) is 0 Å². The number of carbonyl (C=O) groups excluding carboxylic acids is 1. The molecule has 3 heterocycles. The van der Waals surface area contributed by atoms with Crippen LogP contribution in [-0.4, -0.2) is 39.9 Å². The second-order valence-corrected chi connectivity index (χ2v) is 6.28. The summed E-state index contributed by atoms with van der Waals surface area (Å²) in [4.78, 5) is 21.5. The molecule has 1 amide bonds. The molecule has 9 nitrogen and oxygen atoms in total. The molecular weight excluding hydrogens is 386 g/mol. The first-order valence-corrected chi connectivity index (χ1v) is 9.10. The van der Waals surface area contributed by atoms with Gasteiger partial charge in [-0.15, -0.1) is 0 Å². The van der Waals surface area contributed by atoms with E-state index in [9.17, 15) is 4.79 Å². The predicted molar refractivity (Wildman–Crippen MR) is 109 cm³/mol. The summed E-state index contributed by atoms with van der Waals surface area (Å²) in [6, 6.07) is 12.3. The van der Waals surface area contributed by atoms with Gasteiger partial charge in [0.25, 0.3) is 0 Å². The van der Waals surface area contributed by atoms with Crippen LogP contribution >= 0.6 is 0 Å². The van der Waals surface area contributed by atoms with Crippen molar-refractivity contribution in [3.8, 4) is 28.9 Å². The van der Waals surface area contributed by atoms with E-state index in [0.29, 0.717) is 34.7 Å². The van der Waals surface area contributed by atoms with Crippen LogP contribution in [0.5, 0.6) is 11.5 Å². The number of benzene rings is 1. The Morgan fingerprint density at radius 3 is 2.67 bits per heavy atom. The molecule has 4 rings (SSSR count). The first-order chi connectivity index (χ1) is 14.7. The number of amides is 1. The van der Waals surface area contributed by atoms with E-state index in [1.165, 1.54) is 6.26 Å². The minimum absolute atomic E-state index is 0.136. The molecule has 0 fully saturated rings. The van der Waals surface area contributed by atoms with Crippen molar-refractivity contribution >= 4 is 11.7 Å². The molecule has 0 saturated carbocycles. The Hall–Kier alpha value is -4.14. The fourth-order valence-electron chi connectivity index (χ4n) is 2.90. The Kier molecular flexibility index (Phi) is 5.42. The maximum atomic E-state index is 12.6. The van der Waals surface area contributed by atoms with Gasteiger partial charge in [0, 0.05) is 18.5 Å². The summed E-state index contributed by atoms with van der Waals surface area (Å²) in [5, 5.41) is 7.01. The van der Waals surface area contributed by atoms with Crippen LogP contribution in [-0.2, 0) is 11.2 Å². The zero-order valence-corrected chi connectivity index (χ0v) is 16.4. The molecule has 30 heavy (non-hydrogen) atoms. The molecule has 1 N–H and O–H groups in total. The number of nitrogens with one attached hydrogen (secondary N) is 1. The molecule has 9 heteroatoms. The lowest BCUT2D eigenvalue weighted by Crippen LogP contribution is -2.16. The maximum absolute atomic E-state index is 12.6. The summed E-state index contributed by atoms with van der Waals surface area (Å²) < 4.78 is 17.5. The summed E-state index contributed by atoms with van der Waals surface area (Å²) in [7, 11) is 3.11. The largest absolute Gasteiger partial charge is 0.493 e. The standard InChI is InChI=1S/C21H19N5O4/c1-28-15-7-6-14(11-17(15)29-2)12-20(27)23-18-13-19(26-9-4-8-22-26)25-21(24-18)16-5-3-10-30-16/h3-11,13H,12H2,1-2H3,(H,23,24,25,27). The average Bonchev–Trinajstić information content (AvgIpc) is 3.47. The second kappa shape index (κ2) is 8.48. The van der Waals surface area contributed by atoms with Gasteiger partial charge in [0.15, 0.2) is 28.9 Å². The number of carbonyl (C=O) groups is 1. The van der Waals surface area contributed by atoms with E-state index in [0.717, 1.165) is 5.56 Å². The van der Waals surface area contributed by atoms with E-state index in [2.05, 4.69) is 20.4 Å². The highest BCUT2D eigenvalue weighted by Gasteiger charge is 2.14. The molecule has 0 aliphatic carbocycles. The van der Waals surface area contributed by atoms with Crippen molar-refractivity contribution in [2.45, 2.75) is 6.42 Å². The summed E-state index contributed by atoms with van der Waals surface area (Å²) in [5.74, 6) is 2.59. The topological polar surface area (TPSA) is 104 Å². The van der Waals surface area contributed by atoms with Crippen molar-refractivity contribution in [1.82, 2.24) is 19.7 Å². The summed E-state index contributed by atoms with van der Waals surface area (Å²) in [6.07, 6.45) is 5.07. The molecule has 1 aromatic carbocycles. The van der Waals surface area contributed by atoms with E-state index < -0.39 is 0 Å². The van der Waals surface area contributed by atoms with Crippen molar-refractivity contribution in [2.24, 2.45) is 0 Å². The third-order valence-corrected chi connectivity index (χ3v) is 4.27. The molecular formula is C21H19N5O4. The fraction of sp³-hybridized carbons (Fsp3) is 0.143. The van der Waals surface area contributed by atoms with Gasteiger partial charge in [0.2, 0.25) is 5.91 Å². The van der Waals surface area contributed by atoms with Crippen LogP contribution in [0.25, 0.3) is 17.4 Å². The summed E-state index contributed by atoms with van der Waals surface area (Å²) in [5.41, 5.74) is 0.776. The number of hydrogen-bond acceptors (Lipinski definition) is 7. The van der Waals surface area contributed by atoms with E-state index in [1.54, 1.807) is 67.7 Å². The van der Waals surface area contributed by atoms with Crippen LogP contribution in [0.4, 0.5) is 5.82 Å². The Morgan fingerprint density at radius 2 is 1.97 bits per heavy atom. The molecule has 0 aliphatic rings. The third-order valence-electron chi connectivity index (χ3n) is 4.27. The minimum atomic E-state index is -0.238. The highest BCUT2D eigenvalue weighted by molar-refractivity contribution is 5.91. The Bertz CT molecular complexity index is 1090. The van der Waals surface area contributed by atoms with Crippen molar-refractivity contribution in [3.05, 3.63) is 66.7 Å². The number of anilines is 1. The van der Waals surface area contributed by atoms with Gasteiger partial charge >= 0.3 is 0 Å². The fourth-order valence-corrected chi connectivity index (χ4v) is 2.90. The number of furan rings is 1. The lowest BCUT2D eigenvalue weighted by Gasteiger charge is -2.11. The van der Waals surface area contributed by atoms with Gasteiger partial charge in [0.05, 0.1) is 26.9 Å². The molecule has 4 aromatic rings. The van der Waals surface area contributed by atoms with E-state index in [4.69, 9.17) is 13.9 Å². The van der Waals surface area contributed by atoms with Crippen LogP contribution in [0, 0.1) is 0 Å². The Labute approximate surface area is 172 Å². The number of nitrogens with zero attached hydrogens (tertiary/aromatic N) is 4. The summed E-state index contributed by atoms with van der Waals surface area (Å²) in [6.45, 7) is 0. The van der Waals surface area contributed by atoms with Gasteiger partial charge in [-0.25, -0.2) is 14.6 Å². The second-order valence-electron chi connectivity index (χ2n) is 6.28. The minimum Gasteiger partial charge on any atom is -0.493 e. The number of methoxy groups -OCH3 is 2. The number of hydrogen-bond donors (Lipinski definition) is 1. The highest BCUT2D eigenvalue weighted by Crippen LogP contribution is 2.28. The van der Waals surface area contributed by atoms with Crippen LogP contribution in [0.15, 0.2) is 65.5 Å². The third kappa shape index (κ3) is 4.14. The van der Waals surface area contributed by atoms with Crippen molar-refractivity contribution in [2.75, 3.05) is 19.5 Å². The van der Waals surface area contributed by atoms with E-state index in [1.807, 2.05) is 6.07 Å². The highest BCUT2D eigenvalue weighted by atomic mass is 16.5. The molecule has 0 aliphatic heterocycles. The van der Waals surface area contributed by atoms with Crippen LogP contribution < -0.4 is 14.8 Å². The normalized spacial score (nSPS) is 10.6. The average molecular weight is 405 g/mol. The molecule has 3 aromatic heterocycles. The van der Waals surface area contributed by atoms with Crippen molar-refractivity contribution in [3.63, 3.8) is 0 Å². The smallest absolute Gasteiger partial charge is 0.229 e. The zero-order valence-electron chi connectivity index (χ0n) is 16.4. The number of rotatable bonds is 7. The van der Waals surface area contributed by atoms with Gasteiger partial charge in [-0.2, -0.15) is 5.10 Å². The maximum Gasteiger partial charge on any atom is 0.229 e. The summed E-state index contributed by atoms with van der Waals surface area (Å²) >= 11 is 0. The number of ether oxygens (including phenoxy) is 2. The van der Waals surface area contributed by atoms with Crippen LogP contribution in [0.2, 0.25) is 0 Å². The monoisotopic (exact) mass is 405 g/mol. The zero-order chi connectivity index (χ0) is 20.9. The lowest BCUT2D eigenvalue weighted by molar-refractivity contribution is -0.115. The van der Waals surface area contributed by atoms with Gasteiger partial charge in [-0.05, 0) is 35.9 Å². The molecule has 0 unspecified atom stereocenters. The quantitative estimate of drug-likeness (QED) is 0.504. The Balaban J connectivity index is 1.58. The van der Waals surface area contributed by atoms with E-state index >= 15 is 0 Å². The number of aromatic nitrogens is 4. The molecule has 0 atom stereocenters. The van der Waals surface area contributed by atoms with Crippen molar-refractivity contribution in [1.29, 1.82) is 0 Å². The molecule has 0 radical (unpaired) electrons. The lowest BCUT2D eigenvalue weighted by atomic mass is 10.1. The van der Waals surface area contributed by atoms with Gasteiger partial charge < -0.3 is 19.2 Å². The first-order valence-electron chi connectivity index (χ1n) is 9.10. The van der Waals surface area contributed by atoms with Gasteiger partial charge in [-0.1, -0.05) is 6.07 Å². The molecule has 0 bridgehead atoms. The molecule has 0 saturated heterocycles. The SMILES string of the molecule is COc1ccc(CC(=O)Nc2cc(-n3cccn3)nc(-c3ccco3)n2)cc1OC. The van der Waals surface area contributed by atoms with Gasteiger partial charge in [0.1, 0.15) is 5.82 Å². The van der Waals surface area contributed by atoms with Crippen LogP contribution in [0.1, 0.15) is 5.56 Å².